The lowest BCUT2D eigenvalue weighted by Crippen LogP contribution is -2.03. The van der Waals surface area contributed by atoms with E-state index in [4.69, 9.17) is 5.73 Å². The molecule has 1 aromatic carbocycles. The Bertz CT molecular complexity index is 603. The first-order chi connectivity index (χ1) is 9.10. The lowest BCUT2D eigenvalue weighted by atomic mass is 10.3. The summed E-state index contributed by atoms with van der Waals surface area (Å²) in [5.41, 5.74) is 5.91. The third-order valence-corrected chi connectivity index (χ3v) is 3.08. The predicted molar refractivity (Wildman–Crippen MR) is 74.6 cm³/mol. The number of aromatic nitrogens is 2. The van der Waals surface area contributed by atoms with Crippen molar-refractivity contribution >= 4 is 34.9 Å². The topological polar surface area (TPSA) is 107 Å². The Morgan fingerprint density at radius 1 is 1.37 bits per heavy atom. The van der Waals surface area contributed by atoms with Crippen LogP contribution in [0.4, 0.5) is 23.1 Å². The van der Waals surface area contributed by atoms with Gasteiger partial charge in [-0.05, 0) is 30.5 Å². The smallest absolute Gasteiger partial charge is 0.329 e. The standard InChI is InChI=1S/C11H11N5O2S/c1-19-8-4-2-7(3-5-8)14-10-9(16(17)18)6-13-11(12)15-10/h2-6H,1H3,(H3,12,13,14,15). The number of nitrogen functional groups attached to an aromatic ring is 1. The van der Waals surface area contributed by atoms with E-state index in [9.17, 15) is 10.1 Å². The molecule has 0 aliphatic rings. The van der Waals surface area contributed by atoms with E-state index in [1.807, 2.05) is 30.5 Å². The van der Waals surface area contributed by atoms with E-state index in [0.29, 0.717) is 5.69 Å². The van der Waals surface area contributed by atoms with Crippen molar-refractivity contribution in [3.63, 3.8) is 0 Å². The molecule has 0 radical (unpaired) electrons. The molecule has 0 aliphatic carbocycles. The third-order valence-electron chi connectivity index (χ3n) is 2.34. The van der Waals surface area contributed by atoms with Crippen LogP contribution in [-0.4, -0.2) is 21.1 Å². The van der Waals surface area contributed by atoms with Crippen molar-refractivity contribution in [3.05, 3.63) is 40.6 Å². The molecule has 0 aliphatic heterocycles. The molecule has 0 bridgehead atoms. The van der Waals surface area contributed by atoms with Crippen LogP contribution in [0.3, 0.4) is 0 Å². The number of thioether (sulfide) groups is 1. The summed E-state index contributed by atoms with van der Waals surface area (Å²) in [6, 6.07) is 7.44. The third kappa shape index (κ3) is 3.10. The van der Waals surface area contributed by atoms with Crippen molar-refractivity contribution in [2.75, 3.05) is 17.3 Å². The predicted octanol–water partition coefficient (Wildman–Crippen LogP) is 2.43. The second-order valence-electron chi connectivity index (χ2n) is 3.57. The maximum Gasteiger partial charge on any atom is 0.329 e. The molecule has 1 heterocycles. The van der Waals surface area contributed by atoms with Crippen LogP contribution in [0.15, 0.2) is 35.4 Å². The monoisotopic (exact) mass is 277 g/mol. The number of benzene rings is 1. The average molecular weight is 277 g/mol. The van der Waals surface area contributed by atoms with Crippen LogP contribution in [0.5, 0.6) is 0 Å². The summed E-state index contributed by atoms with van der Waals surface area (Å²) in [6.07, 6.45) is 3.05. The second kappa shape index (κ2) is 5.53. The molecule has 98 valence electrons. The molecule has 0 fully saturated rings. The van der Waals surface area contributed by atoms with Gasteiger partial charge in [-0.15, -0.1) is 11.8 Å². The molecule has 1 aromatic heterocycles. The Hall–Kier alpha value is -2.35. The summed E-state index contributed by atoms with van der Waals surface area (Å²) < 4.78 is 0. The van der Waals surface area contributed by atoms with E-state index in [2.05, 4.69) is 15.3 Å². The largest absolute Gasteiger partial charge is 0.368 e. The Morgan fingerprint density at radius 3 is 2.63 bits per heavy atom. The molecule has 8 heteroatoms. The van der Waals surface area contributed by atoms with Crippen LogP contribution >= 0.6 is 11.8 Å². The highest BCUT2D eigenvalue weighted by atomic mass is 32.2. The van der Waals surface area contributed by atoms with E-state index >= 15 is 0 Å². The van der Waals surface area contributed by atoms with Crippen molar-refractivity contribution < 1.29 is 4.92 Å². The Kier molecular flexibility index (Phi) is 3.81. The number of rotatable bonds is 4. The Labute approximate surface area is 113 Å². The van der Waals surface area contributed by atoms with E-state index in [1.54, 1.807) is 11.8 Å². The van der Waals surface area contributed by atoms with Gasteiger partial charge in [0.15, 0.2) is 0 Å². The fourth-order valence-corrected chi connectivity index (χ4v) is 1.83. The number of hydrogen-bond donors (Lipinski definition) is 2. The minimum Gasteiger partial charge on any atom is -0.368 e. The lowest BCUT2D eigenvalue weighted by Gasteiger charge is -2.06. The van der Waals surface area contributed by atoms with Crippen molar-refractivity contribution in [3.8, 4) is 0 Å². The van der Waals surface area contributed by atoms with Gasteiger partial charge >= 0.3 is 5.69 Å². The maximum atomic E-state index is 10.9. The number of nitrogens with zero attached hydrogens (tertiary/aromatic N) is 3. The van der Waals surface area contributed by atoms with Crippen LogP contribution in [0.25, 0.3) is 0 Å². The molecular weight excluding hydrogens is 266 g/mol. The lowest BCUT2D eigenvalue weighted by molar-refractivity contribution is -0.384. The molecule has 0 saturated carbocycles. The molecule has 3 N–H and O–H groups in total. The van der Waals surface area contributed by atoms with Gasteiger partial charge in [0.25, 0.3) is 0 Å². The average Bonchev–Trinajstić information content (AvgIpc) is 2.39. The van der Waals surface area contributed by atoms with Crippen molar-refractivity contribution in [1.82, 2.24) is 9.97 Å². The first kappa shape index (κ1) is 13.1. The number of nitrogens with two attached hydrogens (primary N) is 1. The van der Waals surface area contributed by atoms with Crippen molar-refractivity contribution in [2.24, 2.45) is 0 Å². The number of nitrogens with one attached hydrogen (secondary N) is 1. The molecule has 0 spiro atoms. The molecule has 7 nitrogen and oxygen atoms in total. The number of hydrogen-bond acceptors (Lipinski definition) is 7. The molecule has 19 heavy (non-hydrogen) atoms. The van der Waals surface area contributed by atoms with Crippen LogP contribution in [0.1, 0.15) is 0 Å². The summed E-state index contributed by atoms with van der Waals surface area (Å²) in [7, 11) is 0. The van der Waals surface area contributed by atoms with Gasteiger partial charge in [0, 0.05) is 10.6 Å². The highest BCUT2D eigenvalue weighted by Crippen LogP contribution is 2.26. The van der Waals surface area contributed by atoms with Crippen LogP contribution in [0, 0.1) is 10.1 Å². The zero-order valence-electron chi connectivity index (χ0n) is 10.0. The maximum absolute atomic E-state index is 10.9. The summed E-state index contributed by atoms with van der Waals surface area (Å²) in [5, 5.41) is 13.7. The summed E-state index contributed by atoms with van der Waals surface area (Å²) in [4.78, 5) is 18.9. The molecule has 0 saturated heterocycles. The van der Waals surface area contributed by atoms with Crippen molar-refractivity contribution in [2.45, 2.75) is 4.90 Å². The van der Waals surface area contributed by atoms with Gasteiger partial charge in [-0.3, -0.25) is 10.1 Å². The van der Waals surface area contributed by atoms with Gasteiger partial charge < -0.3 is 11.1 Å². The van der Waals surface area contributed by atoms with E-state index in [-0.39, 0.29) is 17.5 Å². The Balaban J connectivity index is 2.31. The van der Waals surface area contributed by atoms with Gasteiger partial charge in [0.1, 0.15) is 6.20 Å². The first-order valence-electron chi connectivity index (χ1n) is 5.28. The highest BCUT2D eigenvalue weighted by Gasteiger charge is 2.16. The SMILES string of the molecule is CSc1ccc(Nc2nc(N)ncc2[N+](=O)[O-])cc1. The fourth-order valence-electron chi connectivity index (χ4n) is 1.43. The van der Waals surface area contributed by atoms with Crippen LogP contribution in [0.2, 0.25) is 0 Å². The van der Waals surface area contributed by atoms with E-state index in [0.717, 1.165) is 11.1 Å². The molecule has 0 unspecified atom stereocenters. The van der Waals surface area contributed by atoms with E-state index in [1.165, 1.54) is 0 Å². The summed E-state index contributed by atoms with van der Waals surface area (Å²) in [5.74, 6) is 0.0586. The summed E-state index contributed by atoms with van der Waals surface area (Å²) >= 11 is 1.61. The first-order valence-corrected chi connectivity index (χ1v) is 6.50. The Morgan fingerprint density at radius 2 is 2.05 bits per heavy atom. The van der Waals surface area contributed by atoms with E-state index < -0.39 is 4.92 Å². The molecule has 0 atom stereocenters. The van der Waals surface area contributed by atoms with Crippen LogP contribution < -0.4 is 11.1 Å². The molecule has 2 aromatic rings. The zero-order chi connectivity index (χ0) is 13.8. The molecule has 2 rings (SSSR count). The summed E-state index contributed by atoms with van der Waals surface area (Å²) in [6.45, 7) is 0. The minimum atomic E-state index is -0.558. The fraction of sp³-hybridized carbons (Fsp3) is 0.0909. The second-order valence-corrected chi connectivity index (χ2v) is 4.45. The van der Waals surface area contributed by atoms with Gasteiger partial charge in [0.05, 0.1) is 4.92 Å². The molecule has 0 amide bonds. The van der Waals surface area contributed by atoms with Gasteiger partial charge in [0.2, 0.25) is 11.8 Å². The van der Waals surface area contributed by atoms with Crippen molar-refractivity contribution in [1.29, 1.82) is 0 Å². The van der Waals surface area contributed by atoms with Gasteiger partial charge in [-0.1, -0.05) is 0 Å². The minimum absolute atomic E-state index is 0.0196. The quantitative estimate of drug-likeness (QED) is 0.502. The zero-order valence-corrected chi connectivity index (χ0v) is 10.8. The van der Waals surface area contributed by atoms with Crippen LogP contribution in [-0.2, 0) is 0 Å². The van der Waals surface area contributed by atoms with Gasteiger partial charge in [-0.25, -0.2) is 4.98 Å². The normalized spacial score (nSPS) is 10.2. The van der Waals surface area contributed by atoms with Gasteiger partial charge in [-0.2, -0.15) is 4.98 Å². The number of anilines is 3. The highest BCUT2D eigenvalue weighted by molar-refractivity contribution is 7.98. The molecular formula is C11H11N5O2S. The number of nitro groups is 1.